The number of aliphatic carboxylic acids is 1. The van der Waals surface area contributed by atoms with E-state index in [1.54, 1.807) is 0 Å². The fraction of sp³-hybridized carbons (Fsp3) is 0.333. The van der Waals surface area contributed by atoms with Crippen molar-refractivity contribution in [3.05, 3.63) is 0 Å². The van der Waals surface area contributed by atoms with Gasteiger partial charge in [-0.15, -0.1) is 0 Å². The molecule has 0 aromatic rings. The van der Waals surface area contributed by atoms with E-state index < -0.39 is 5.97 Å². The Labute approximate surface area is 35.3 Å². The van der Waals surface area contributed by atoms with Gasteiger partial charge in [0.05, 0.1) is 5.97 Å². The van der Waals surface area contributed by atoms with Crippen LogP contribution in [0.3, 0.4) is 0 Å². The molecule has 3 heteroatoms. The lowest BCUT2D eigenvalue weighted by Gasteiger charge is -1.82. The number of rotatable bonds is 1. The Bertz CT molecular complexity index is 76.9. The van der Waals surface area contributed by atoms with Crippen molar-refractivity contribution in [2.45, 2.75) is 0 Å². The zero-order valence-corrected chi connectivity index (χ0v) is 3.34. The van der Waals surface area contributed by atoms with Crippen molar-refractivity contribution < 1.29 is 9.90 Å². The first-order chi connectivity index (χ1) is 2.77. The van der Waals surface area contributed by atoms with E-state index in [4.69, 9.17) is 0 Å². The van der Waals surface area contributed by atoms with Crippen molar-refractivity contribution in [3.8, 4) is 0 Å². The molecule has 0 aromatic heterocycles. The minimum absolute atomic E-state index is 0.722. The highest BCUT2D eigenvalue weighted by molar-refractivity contribution is 6.20. The van der Waals surface area contributed by atoms with Crippen molar-refractivity contribution in [1.29, 1.82) is 0 Å². The van der Waals surface area contributed by atoms with Crippen LogP contribution in [0.5, 0.6) is 0 Å². The third-order valence-corrected chi connectivity index (χ3v) is 0.235. The Morgan fingerprint density at radius 3 is 2.50 bits per heavy atom. The molecule has 0 heterocycles. The molecule has 34 valence electrons. The molecule has 0 fully saturated rings. The van der Waals surface area contributed by atoms with Gasteiger partial charge in [0.25, 0.3) is 0 Å². The summed E-state index contributed by atoms with van der Waals surface area (Å²) in [5.74, 6) is -1.25. The maximum atomic E-state index is 9.34. The largest absolute Gasteiger partial charge is 0.544 e. The first kappa shape index (κ1) is 5.14. The van der Waals surface area contributed by atoms with Crippen LogP contribution in [0.2, 0.25) is 0 Å². The zero-order valence-electron chi connectivity index (χ0n) is 3.34. The van der Waals surface area contributed by atoms with Crippen LogP contribution in [0.4, 0.5) is 0 Å². The average molecular weight is 86.1 g/mol. The van der Waals surface area contributed by atoms with Crippen molar-refractivity contribution in [2.24, 2.45) is 4.99 Å². The van der Waals surface area contributed by atoms with Crippen molar-refractivity contribution >= 4 is 12.2 Å². The van der Waals surface area contributed by atoms with Gasteiger partial charge in [-0.25, -0.2) is 0 Å². The van der Waals surface area contributed by atoms with Crippen LogP contribution >= 0.6 is 0 Å². The predicted molar refractivity (Wildman–Crippen MR) is 19.4 cm³/mol. The summed E-state index contributed by atoms with van der Waals surface area (Å²) >= 11 is 0. The molecule has 0 saturated carbocycles. The van der Waals surface area contributed by atoms with Gasteiger partial charge in [-0.3, -0.25) is 4.99 Å². The highest BCUT2D eigenvalue weighted by Crippen LogP contribution is 1.45. The normalized spacial score (nSPS) is 9.50. The molecule has 0 rings (SSSR count). The van der Waals surface area contributed by atoms with E-state index in [2.05, 4.69) is 4.99 Å². The van der Waals surface area contributed by atoms with Gasteiger partial charge in [-0.05, 0) is 0 Å². The van der Waals surface area contributed by atoms with E-state index in [-0.39, 0.29) is 0 Å². The molecule has 0 atom stereocenters. The molecule has 0 aliphatic rings. The van der Waals surface area contributed by atoms with Crippen molar-refractivity contribution in [2.75, 3.05) is 7.05 Å². The third-order valence-electron chi connectivity index (χ3n) is 0.235. The van der Waals surface area contributed by atoms with Crippen LogP contribution in [0.1, 0.15) is 0 Å². The number of carboxylic acid groups (broad SMARTS) is 1. The zero-order chi connectivity index (χ0) is 4.99. The molecule has 0 aromatic carbocycles. The fourth-order valence-corrected chi connectivity index (χ4v) is 0.105. The molecule has 0 aliphatic carbocycles. The third kappa shape index (κ3) is 3.14. The van der Waals surface area contributed by atoms with Gasteiger partial charge < -0.3 is 9.90 Å². The van der Waals surface area contributed by atoms with E-state index in [9.17, 15) is 9.90 Å². The minimum atomic E-state index is -1.25. The van der Waals surface area contributed by atoms with Gasteiger partial charge >= 0.3 is 0 Å². The van der Waals surface area contributed by atoms with Crippen LogP contribution in [-0.2, 0) is 4.79 Å². The van der Waals surface area contributed by atoms with Crippen molar-refractivity contribution in [1.82, 2.24) is 0 Å². The monoisotopic (exact) mass is 86.0 g/mol. The lowest BCUT2D eigenvalue weighted by Crippen LogP contribution is -2.22. The second kappa shape index (κ2) is 2.38. The lowest BCUT2D eigenvalue weighted by molar-refractivity contribution is -0.293. The smallest absolute Gasteiger partial charge is 0.0821 e. The van der Waals surface area contributed by atoms with E-state index in [1.165, 1.54) is 7.05 Å². The second-order valence-electron chi connectivity index (χ2n) is 0.706. The Morgan fingerprint density at radius 1 is 2.00 bits per heavy atom. The Balaban J connectivity index is 3.30. The Kier molecular flexibility index (Phi) is 2.04. The van der Waals surface area contributed by atoms with Gasteiger partial charge in [0.2, 0.25) is 0 Å². The van der Waals surface area contributed by atoms with E-state index in [0.29, 0.717) is 0 Å². The first-order valence-corrected chi connectivity index (χ1v) is 1.40. The van der Waals surface area contributed by atoms with Gasteiger partial charge in [0.1, 0.15) is 0 Å². The number of carbonyl (C=O) groups excluding carboxylic acids is 1. The van der Waals surface area contributed by atoms with Gasteiger partial charge in [0.15, 0.2) is 0 Å². The highest BCUT2D eigenvalue weighted by Gasteiger charge is 1.62. The topological polar surface area (TPSA) is 52.5 Å². The number of aliphatic imine (C=N–C) groups is 1. The first-order valence-electron chi connectivity index (χ1n) is 1.40. The minimum Gasteiger partial charge on any atom is -0.544 e. The number of hydrogen-bond donors (Lipinski definition) is 0. The summed E-state index contributed by atoms with van der Waals surface area (Å²) in [4.78, 5) is 12.5. The maximum absolute atomic E-state index is 9.34. The van der Waals surface area contributed by atoms with Gasteiger partial charge in [0, 0.05) is 13.3 Å². The SMILES string of the molecule is CN=CC(=O)[O-]. The molecular formula is C3H4NO2-. The molecule has 0 amide bonds. The molecular weight excluding hydrogens is 82.0 g/mol. The van der Waals surface area contributed by atoms with Gasteiger partial charge in [-0.1, -0.05) is 0 Å². The van der Waals surface area contributed by atoms with E-state index >= 15 is 0 Å². The highest BCUT2D eigenvalue weighted by atomic mass is 16.4. The quantitative estimate of drug-likeness (QED) is 0.362. The molecule has 0 N–H and O–H groups in total. The molecule has 0 saturated heterocycles. The van der Waals surface area contributed by atoms with E-state index in [1.807, 2.05) is 0 Å². The van der Waals surface area contributed by atoms with Crippen LogP contribution in [0.15, 0.2) is 4.99 Å². The summed E-state index contributed by atoms with van der Waals surface area (Å²) in [5.41, 5.74) is 0. The summed E-state index contributed by atoms with van der Waals surface area (Å²) in [6.45, 7) is 0. The average Bonchev–Trinajstić information content (AvgIpc) is 1.35. The molecule has 0 unspecified atom stereocenters. The van der Waals surface area contributed by atoms with Crippen molar-refractivity contribution in [3.63, 3.8) is 0 Å². The number of carboxylic acids is 1. The van der Waals surface area contributed by atoms with Gasteiger partial charge in [-0.2, -0.15) is 0 Å². The summed E-state index contributed by atoms with van der Waals surface area (Å²) in [6, 6.07) is 0. The molecule has 6 heavy (non-hydrogen) atoms. The summed E-state index contributed by atoms with van der Waals surface area (Å²) in [7, 11) is 1.37. The molecule has 0 aliphatic heterocycles. The lowest BCUT2D eigenvalue weighted by atomic mass is 10.8. The number of nitrogens with zero attached hydrogens (tertiary/aromatic N) is 1. The maximum Gasteiger partial charge on any atom is 0.0821 e. The standard InChI is InChI=1S/C3H5NO2/c1-4-2-3(5)6/h2H,1H3,(H,5,6)/p-1. The van der Waals surface area contributed by atoms with Crippen LogP contribution in [0.25, 0.3) is 0 Å². The van der Waals surface area contributed by atoms with Crippen LogP contribution in [0, 0.1) is 0 Å². The second-order valence-corrected chi connectivity index (χ2v) is 0.706. The molecule has 0 spiro atoms. The Hall–Kier alpha value is -0.860. The molecule has 0 bridgehead atoms. The van der Waals surface area contributed by atoms with E-state index in [0.717, 1.165) is 6.21 Å². The summed E-state index contributed by atoms with van der Waals surface area (Å²) in [6.07, 6.45) is 0.722. The fourth-order valence-electron chi connectivity index (χ4n) is 0.105. The van der Waals surface area contributed by atoms with Crippen LogP contribution < -0.4 is 5.11 Å². The number of hydrogen-bond acceptors (Lipinski definition) is 3. The van der Waals surface area contributed by atoms with Crippen LogP contribution in [-0.4, -0.2) is 19.2 Å². The predicted octanol–water partition coefficient (Wildman–Crippen LogP) is -1.56. The molecule has 3 nitrogen and oxygen atoms in total. The summed E-state index contributed by atoms with van der Waals surface area (Å²) < 4.78 is 0. The summed E-state index contributed by atoms with van der Waals surface area (Å²) in [5, 5.41) is 9.34. The number of carbonyl (C=O) groups is 1. The molecule has 0 radical (unpaired) electrons. The Morgan fingerprint density at radius 2 is 2.50 bits per heavy atom.